The van der Waals surface area contributed by atoms with Gasteiger partial charge in [-0.05, 0) is 68.4 Å². The molecule has 1 aliphatic heterocycles. The lowest BCUT2D eigenvalue weighted by molar-refractivity contribution is -0.122. The Morgan fingerprint density at radius 3 is 2.57 bits per heavy atom. The van der Waals surface area contributed by atoms with Crippen molar-refractivity contribution in [1.29, 1.82) is 0 Å². The number of aryl methyl sites for hydroxylation is 2. The number of nitrogens with zero attached hydrogens (tertiary/aromatic N) is 1. The minimum Gasteiger partial charge on any atom is -0.492 e. The van der Waals surface area contributed by atoms with Gasteiger partial charge in [0, 0.05) is 0 Å². The summed E-state index contributed by atoms with van der Waals surface area (Å²) in [6.07, 6.45) is 1.50. The average molecular weight is 415 g/mol. The van der Waals surface area contributed by atoms with E-state index in [1.807, 2.05) is 39.0 Å². The van der Waals surface area contributed by atoms with Crippen molar-refractivity contribution in [3.63, 3.8) is 0 Å². The molecule has 0 spiro atoms. The lowest BCUT2D eigenvalue weighted by atomic mass is 10.0. The summed E-state index contributed by atoms with van der Waals surface area (Å²) >= 11 is 11.5. The van der Waals surface area contributed by atoms with Gasteiger partial charge in [-0.1, -0.05) is 35.4 Å². The molecule has 1 N–H and O–H groups in total. The van der Waals surface area contributed by atoms with Crippen LogP contribution in [0.15, 0.2) is 42.0 Å². The molecule has 7 heteroatoms. The zero-order valence-electron chi connectivity index (χ0n) is 15.7. The minimum atomic E-state index is -0.541. The highest BCUT2D eigenvalue weighted by molar-refractivity contribution is 7.80. The summed E-state index contributed by atoms with van der Waals surface area (Å²) in [6.45, 7) is 6.21. The molecule has 2 aromatic rings. The van der Waals surface area contributed by atoms with Crippen LogP contribution in [0.3, 0.4) is 0 Å². The monoisotopic (exact) mass is 414 g/mol. The maximum Gasteiger partial charge on any atom is 0.270 e. The van der Waals surface area contributed by atoms with Crippen LogP contribution in [0.25, 0.3) is 6.08 Å². The number of hydrogen-bond donors (Lipinski definition) is 1. The number of rotatable bonds is 4. The number of benzene rings is 2. The van der Waals surface area contributed by atoms with E-state index in [0.29, 0.717) is 28.6 Å². The summed E-state index contributed by atoms with van der Waals surface area (Å²) in [7, 11) is 0. The first-order valence-corrected chi connectivity index (χ1v) is 9.51. The number of carbonyl (C=O) groups excluding carboxylic acids is 2. The Hall–Kier alpha value is -2.70. The van der Waals surface area contributed by atoms with Crippen LogP contribution in [0.5, 0.6) is 5.75 Å². The third kappa shape index (κ3) is 3.93. The van der Waals surface area contributed by atoms with E-state index in [1.165, 1.54) is 11.0 Å². The van der Waals surface area contributed by atoms with Crippen LogP contribution in [0.4, 0.5) is 5.69 Å². The van der Waals surface area contributed by atoms with Gasteiger partial charge in [0.05, 0.1) is 17.3 Å². The summed E-state index contributed by atoms with van der Waals surface area (Å²) in [4.78, 5) is 26.9. The Labute approximate surface area is 173 Å². The molecule has 0 aromatic heterocycles. The molecule has 0 unspecified atom stereocenters. The van der Waals surface area contributed by atoms with Gasteiger partial charge >= 0.3 is 0 Å². The van der Waals surface area contributed by atoms with Gasteiger partial charge in [0.15, 0.2) is 5.11 Å². The number of nitrogens with one attached hydrogen (secondary N) is 1. The number of amides is 2. The molecular weight excluding hydrogens is 396 g/mol. The first-order chi connectivity index (χ1) is 13.3. The zero-order chi connectivity index (χ0) is 20.4. The number of halogens is 1. The minimum absolute atomic E-state index is 0.0196. The lowest BCUT2D eigenvalue weighted by Crippen LogP contribution is -2.54. The van der Waals surface area contributed by atoms with E-state index in [2.05, 4.69) is 5.32 Å². The quantitative estimate of drug-likeness (QED) is 0.463. The normalized spacial score (nSPS) is 15.8. The second-order valence-electron chi connectivity index (χ2n) is 6.37. The van der Waals surface area contributed by atoms with Crippen molar-refractivity contribution in [2.75, 3.05) is 11.5 Å². The zero-order valence-corrected chi connectivity index (χ0v) is 17.3. The SMILES string of the molecule is CCOc1ccc(/C=C2\C(=O)NC(=S)N(c3ccc(C)cc3C)C2=O)cc1Cl. The molecule has 0 saturated carbocycles. The Bertz CT molecular complexity index is 1020. The van der Waals surface area contributed by atoms with Crippen LogP contribution in [-0.4, -0.2) is 23.5 Å². The first kappa shape index (κ1) is 20.0. The molecule has 1 heterocycles. The largest absolute Gasteiger partial charge is 0.492 e. The first-order valence-electron chi connectivity index (χ1n) is 8.73. The van der Waals surface area contributed by atoms with Crippen LogP contribution in [0.1, 0.15) is 23.6 Å². The smallest absolute Gasteiger partial charge is 0.270 e. The highest BCUT2D eigenvalue weighted by atomic mass is 35.5. The average Bonchev–Trinajstić information content (AvgIpc) is 2.62. The standard InChI is InChI=1S/C21H19ClN2O3S/c1-4-27-18-8-6-14(11-16(18)22)10-15-19(25)23-21(28)24(20(15)26)17-7-5-12(2)9-13(17)3/h5-11H,4H2,1-3H3,(H,23,25,28)/b15-10+. The molecule has 0 radical (unpaired) electrons. The van der Waals surface area contributed by atoms with Crippen LogP contribution in [0, 0.1) is 13.8 Å². The molecule has 28 heavy (non-hydrogen) atoms. The van der Waals surface area contributed by atoms with Crippen LogP contribution in [-0.2, 0) is 9.59 Å². The van der Waals surface area contributed by atoms with Crippen molar-refractivity contribution in [3.8, 4) is 5.75 Å². The summed E-state index contributed by atoms with van der Waals surface area (Å²) in [6, 6.07) is 10.8. The maximum atomic E-state index is 13.1. The highest BCUT2D eigenvalue weighted by Gasteiger charge is 2.35. The van der Waals surface area contributed by atoms with Crippen molar-refractivity contribution >= 4 is 52.5 Å². The number of ether oxygens (including phenoxy) is 1. The van der Waals surface area contributed by atoms with Gasteiger partial charge in [0.2, 0.25) is 0 Å². The fourth-order valence-corrected chi connectivity index (χ4v) is 3.50. The van der Waals surface area contributed by atoms with Crippen LogP contribution < -0.4 is 15.0 Å². The molecule has 1 aliphatic rings. The van der Waals surface area contributed by atoms with E-state index in [0.717, 1.165) is 11.1 Å². The third-order valence-corrected chi connectivity index (χ3v) is 4.84. The predicted octanol–water partition coefficient (Wildman–Crippen LogP) is 4.19. The van der Waals surface area contributed by atoms with Crippen molar-refractivity contribution < 1.29 is 14.3 Å². The van der Waals surface area contributed by atoms with Gasteiger partial charge in [-0.25, -0.2) is 0 Å². The van der Waals surface area contributed by atoms with E-state index in [1.54, 1.807) is 18.2 Å². The van der Waals surface area contributed by atoms with Crippen molar-refractivity contribution in [2.24, 2.45) is 0 Å². The topological polar surface area (TPSA) is 58.6 Å². The van der Waals surface area contributed by atoms with Gasteiger partial charge in [-0.15, -0.1) is 0 Å². The van der Waals surface area contributed by atoms with E-state index in [4.69, 9.17) is 28.6 Å². The summed E-state index contributed by atoms with van der Waals surface area (Å²) in [5, 5.41) is 3.05. The molecule has 144 valence electrons. The predicted molar refractivity (Wildman–Crippen MR) is 115 cm³/mol. The Balaban J connectivity index is 2.00. The maximum absolute atomic E-state index is 13.1. The molecule has 5 nitrogen and oxygen atoms in total. The Morgan fingerprint density at radius 1 is 1.18 bits per heavy atom. The lowest BCUT2D eigenvalue weighted by Gasteiger charge is -2.30. The third-order valence-electron chi connectivity index (χ3n) is 4.26. The van der Waals surface area contributed by atoms with E-state index < -0.39 is 11.8 Å². The van der Waals surface area contributed by atoms with Crippen LogP contribution >= 0.6 is 23.8 Å². The van der Waals surface area contributed by atoms with Gasteiger partial charge < -0.3 is 4.74 Å². The summed E-state index contributed by atoms with van der Waals surface area (Å²) < 4.78 is 5.41. The Morgan fingerprint density at radius 2 is 1.93 bits per heavy atom. The molecular formula is C21H19ClN2O3S. The molecule has 2 amide bonds. The fraction of sp³-hybridized carbons (Fsp3) is 0.190. The molecule has 0 atom stereocenters. The molecule has 1 saturated heterocycles. The van der Waals surface area contributed by atoms with Gasteiger partial charge in [0.25, 0.3) is 11.8 Å². The number of thiocarbonyl (C=S) groups is 1. The second-order valence-corrected chi connectivity index (χ2v) is 7.16. The number of hydrogen-bond acceptors (Lipinski definition) is 4. The molecule has 3 rings (SSSR count). The van der Waals surface area contributed by atoms with Gasteiger partial charge in [-0.2, -0.15) is 0 Å². The van der Waals surface area contributed by atoms with E-state index >= 15 is 0 Å². The van der Waals surface area contributed by atoms with E-state index in [9.17, 15) is 9.59 Å². The molecule has 2 aromatic carbocycles. The molecule has 0 bridgehead atoms. The van der Waals surface area contributed by atoms with Crippen molar-refractivity contribution in [1.82, 2.24) is 5.32 Å². The summed E-state index contributed by atoms with van der Waals surface area (Å²) in [5.74, 6) is -0.476. The van der Waals surface area contributed by atoms with Gasteiger partial charge in [0.1, 0.15) is 11.3 Å². The fourth-order valence-electron chi connectivity index (χ4n) is 2.98. The number of anilines is 1. The molecule has 0 aliphatic carbocycles. The number of carbonyl (C=O) groups is 2. The second kappa shape index (κ2) is 8.12. The summed E-state index contributed by atoms with van der Waals surface area (Å²) in [5.41, 5.74) is 3.18. The van der Waals surface area contributed by atoms with Crippen LogP contribution in [0.2, 0.25) is 5.02 Å². The van der Waals surface area contributed by atoms with Crippen molar-refractivity contribution in [2.45, 2.75) is 20.8 Å². The van der Waals surface area contributed by atoms with Crippen molar-refractivity contribution in [3.05, 3.63) is 63.7 Å². The highest BCUT2D eigenvalue weighted by Crippen LogP contribution is 2.29. The molecule has 1 fully saturated rings. The Kier molecular flexibility index (Phi) is 5.82. The van der Waals surface area contributed by atoms with Gasteiger partial charge in [-0.3, -0.25) is 19.8 Å². The van der Waals surface area contributed by atoms with E-state index in [-0.39, 0.29) is 10.7 Å².